The molecule has 1 unspecified atom stereocenters. The molecule has 0 aliphatic heterocycles. The lowest BCUT2D eigenvalue weighted by molar-refractivity contribution is 0.464. The van der Waals surface area contributed by atoms with Crippen LogP contribution < -0.4 is 5.32 Å². The molecule has 0 aromatic heterocycles. The van der Waals surface area contributed by atoms with E-state index in [1.807, 2.05) is 30.0 Å². The maximum atomic E-state index is 9.52. The molecule has 1 aromatic rings. The van der Waals surface area contributed by atoms with Gasteiger partial charge in [0, 0.05) is 17.4 Å². The van der Waals surface area contributed by atoms with Crippen molar-refractivity contribution in [2.45, 2.75) is 25.1 Å². The van der Waals surface area contributed by atoms with Crippen LogP contribution in [0.4, 0.5) is 0 Å². The molecule has 0 saturated heterocycles. The van der Waals surface area contributed by atoms with Crippen LogP contribution in [-0.4, -0.2) is 23.2 Å². The van der Waals surface area contributed by atoms with Crippen molar-refractivity contribution in [1.29, 1.82) is 0 Å². The fourth-order valence-corrected chi connectivity index (χ4v) is 1.66. The van der Waals surface area contributed by atoms with Crippen molar-refractivity contribution in [3.05, 3.63) is 29.8 Å². The Bertz CT molecular complexity index is 291. The minimum Gasteiger partial charge on any atom is -0.508 e. The van der Waals surface area contributed by atoms with Crippen LogP contribution in [-0.2, 0) is 6.54 Å². The molecule has 2 nitrogen and oxygen atoms in total. The van der Waals surface area contributed by atoms with Gasteiger partial charge in [-0.25, -0.2) is 0 Å². The summed E-state index contributed by atoms with van der Waals surface area (Å²) in [6.45, 7) is 3.97. The van der Waals surface area contributed by atoms with Gasteiger partial charge >= 0.3 is 0 Å². The van der Waals surface area contributed by atoms with Crippen molar-refractivity contribution in [2.24, 2.45) is 0 Å². The monoisotopic (exact) mass is 225 g/mol. The first-order valence-corrected chi connectivity index (χ1v) is 6.53. The van der Waals surface area contributed by atoms with E-state index in [1.54, 1.807) is 6.07 Å². The number of rotatable bonds is 6. The van der Waals surface area contributed by atoms with E-state index in [0.717, 1.165) is 25.1 Å². The highest BCUT2D eigenvalue weighted by molar-refractivity contribution is 7.99. The maximum Gasteiger partial charge on any atom is 0.120 e. The molecule has 1 aromatic carbocycles. The lowest BCUT2D eigenvalue weighted by atomic mass is 10.2. The highest BCUT2D eigenvalue weighted by atomic mass is 32.2. The molecule has 0 aliphatic carbocycles. The van der Waals surface area contributed by atoms with Crippen LogP contribution in [0.15, 0.2) is 24.3 Å². The van der Waals surface area contributed by atoms with Gasteiger partial charge in [0.05, 0.1) is 0 Å². The second-order valence-electron chi connectivity index (χ2n) is 3.64. The normalized spacial score (nSPS) is 12.7. The van der Waals surface area contributed by atoms with Crippen molar-refractivity contribution in [3.63, 3.8) is 0 Å². The van der Waals surface area contributed by atoms with E-state index in [4.69, 9.17) is 0 Å². The molecule has 0 spiro atoms. The zero-order chi connectivity index (χ0) is 11.1. The molecule has 0 aliphatic rings. The Morgan fingerprint density at radius 2 is 2.13 bits per heavy atom. The molecule has 0 bridgehead atoms. The second-order valence-corrected chi connectivity index (χ2v) is 4.92. The Balaban J connectivity index is 2.23. The quantitative estimate of drug-likeness (QED) is 0.730. The van der Waals surface area contributed by atoms with Gasteiger partial charge in [-0.2, -0.15) is 11.8 Å². The predicted octanol–water partition coefficient (Wildman–Crippen LogP) is 2.62. The molecule has 0 radical (unpaired) electrons. The van der Waals surface area contributed by atoms with Gasteiger partial charge in [0.1, 0.15) is 5.75 Å². The number of nitrogens with one attached hydrogen (secondary N) is 1. The number of hydrogen-bond acceptors (Lipinski definition) is 3. The second kappa shape index (κ2) is 6.75. The van der Waals surface area contributed by atoms with Gasteiger partial charge in [-0.15, -0.1) is 0 Å². The Morgan fingerprint density at radius 1 is 1.40 bits per heavy atom. The van der Waals surface area contributed by atoms with Crippen molar-refractivity contribution in [3.8, 4) is 5.75 Å². The first-order chi connectivity index (χ1) is 7.24. The van der Waals surface area contributed by atoms with E-state index in [0.29, 0.717) is 11.0 Å². The number of phenolic OH excluding ortho intramolecular Hbond substituents is 1. The molecule has 1 rings (SSSR count). The minimum absolute atomic E-state index is 0.378. The molecule has 3 heteroatoms. The largest absolute Gasteiger partial charge is 0.508 e. The standard InChI is InChI=1S/C12H19NOS/c1-10(15-2)7-8-13-9-11-5-3-4-6-12(11)14/h3-6,10,13-14H,7-9H2,1-2H3. The van der Waals surface area contributed by atoms with Crippen LogP contribution in [0.5, 0.6) is 5.75 Å². The maximum absolute atomic E-state index is 9.52. The first-order valence-electron chi connectivity index (χ1n) is 5.24. The van der Waals surface area contributed by atoms with Crippen LogP contribution in [0, 0.1) is 0 Å². The number of para-hydroxylation sites is 1. The van der Waals surface area contributed by atoms with E-state index >= 15 is 0 Å². The highest BCUT2D eigenvalue weighted by Crippen LogP contribution is 2.15. The number of phenols is 1. The van der Waals surface area contributed by atoms with Gasteiger partial charge in [0.25, 0.3) is 0 Å². The van der Waals surface area contributed by atoms with Crippen LogP contribution >= 0.6 is 11.8 Å². The summed E-state index contributed by atoms with van der Waals surface area (Å²) in [5.41, 5.74) is 0.967. The van der Waals surface area contributed by atoms with Gasteiger partial charge in [-0.05, 0) is 25.3 Å². The summed E-state index contributed by atoms with van der Waals surface area (Å²) >= 11 is 1.88. The number of thioether (sulfide) groups is 1. The summed E-state index contributed by atoms with van der Waals surface area (Å²) < 4.78 is 0. The third-order valence-corrected chi connectivity index (χ3v) is 3.48. The lowest BCUT2D eigenvalue weighted by Crippen LogP contribution is -2.17. The average molecular weight is 225 g/mol. The van der Waals surface area contributed by atoms with Crippen LogP contribution in [0.2, 0.25) is 0 Å². The van der Waals surface area contributed by atoms with Gasteiger partial charge in [0.15, 0.2) is 0 Å². The van der Waals surface area contributed by atoms with Crippen molar-refractivity contribution >= 4 is 11.8 Å². The SMILES string of the molecule is CSC(C)CCNCc1ccccc1O. The Morgan fingerprint density at radius 3 is 2.80 bits per heavy atom. The van der Waals surface area contributed by atoms with Crippen molar-refractivity contribution < 1.29 is 5.11 Å². The molecule has 0 heterocycles. The van der Waals surface area contributed by atoms with E-state index in [2.05, 4.69) is 18.5 Å². The molecule has 0 fully saturated rings. The fraction of sp³-hybridized carbons (Fsp3) is 0.500. The molecule has 1 atom stereocenters. The van der Waals surface area contributed by atoms with Gasteiger partial charge in [0.2, 0.25) is 0 Å². The predicted molar refractivity (Wildman–Crippen MR) is 67.4 cm³/mol. The summed E-state index contributed by atoms with van der Waals surface area (Å²) in [7, 11) is 0. The minimum atomic E-state index is 0.378. The summed E-state index contributed by atoms with van der Waals surface area (Å²) in [5, 5.41) is 13.6. The van der Waals surface area contributed by atoms with E-state index in [-0.39, 0.29) is 0 Å². The zero-order valence-corrected chi connectivity index (χ0v) is 10.2. The number of hydrogen-bond donors (Lipinski definition) is 2. The van der Waals surface area contributed by atoms with Crippen LogP contribution in [0.1, 0.15) is 18.9 Å². The molecule has 0 amide bonds. The molecule has 2 N–H and O–H groups in total. The Kier molecular flexibility index (Phi) is 5.58. The molecule has 15 heavy (non-hydrogen) atoms. The molecule has 0 saturated carbocycles. The van der Waals surface area contributed by atoms with Crippen LogP contribution in [0.25, 0.3) is 0 Å². The van der Waals surface area contributed by atoms with E-state index in [1.165, 1.54) is 0 Å². The van der Waals surface area contributed by atoms with E-state index in [9.17, 15) is 5.11 Å². The van der Waals surface area contributed by atoms with E-state index < -0.39 is 0 Å². The van der Waals surface area contributed by atoms with Crippen LogP contribution in [0.3, 0.4) is 0 Å². The molecule has 84 valence electrons. The third-order valence-electron chi connectivity index (χ3n) is 2.44. The lowest BCUT2D eigenvalue weighted by Gasteiger charge is -2.09. The smallest absolute Gasteiger partial charge is 0.120 e. The summed E-state index contributed by atoms with van der Waals surface area (Å²) in [6, 6.07) is 7.46. The summed E-state index contributed by atoms with van der Waals surface area (Å²) in [6.07, 6.45) is 3.29. The van der Waals surface area contributed by atoms with Crippen molar-refractivity contribution in [1.82, 2.24) is 5.32 Å². The van der Waals surface area contributed by atoms with Gasteiger partial charge < -0.3 is 10.4 Å². The Labute approximate surface area is 96.1 Å². The first kappa shape index (κ1) is 12.4. The average Bonchev–Trinajstić information content (AvgIpc) is 2.26. The fourth-order valence-electron chi connectivity index (χ4n) is 1.31. The zero-order valence-electron chi connectivity index (χ0n) is 9.36. The Hall–Kier alpha value is -0.670. The molecular formula is C12H19NOS. The van der Waals surface area contributed by atoms with Gasteiger partial charge in [-0.3, -0.25) is 0 Å². The number of benzene rings is 1. The van der Waals surface area contributed by atoms with Gasteiger partial charge in [-0.1, -0.05) is 25.1 Å². The topological polar surface area (TPSA) is 32.3 Å². The summed E-state index contributed by atoms with van der Waals surface area (Å²) in [5.74, 6) is 0.378. The number of aromatic hydroxyl groups is 1. The molecular weight excluding hydrogens is 206 g/mol. The summed E-state index contributed by atoms with van der Waals surface area (Å²) in [4.78, 5) is 0. The third kappa shape index (κ3) is 4.58. The highest BCUT2D eigenvalue weighted by Gasteiger charge is 2.00. The van der Waals surface area contributed by atoms with Crippen molar-refractivity contribution in [2.75, 3.05) is 12.8 Å².